The van der Waals surface area contributed by atoms with E-state index in [1.54, 1.807) is 23.1 Å². The van der Waals surface area contributed by atoms with Crippen molar-refractivity contribution in [1.29, 1.82) is 0 Å². The minimum atomic E-state index is -1.85. The summed E-state index contributed by atoms with van der Waals surface area (Å²) >= 11 is 0. The number of fused-ring (bicyclic) bond motifs is 1. The van der Waals surface area contributed by atoms with E-state index in [2.05, 4.69) is 5.32 Å². The van der Waals surface area contributed by atoms with Gasteiger partial charge in [0.1, 0.15) is 18.4 Å². The van der Waals surface area contributed by atoms with Gasteiger partial charge < -0.3 is 14.4 Å². The molecule has 0 bridgehead atoms. The maximum atomic E-state index is 13.0. The number of benzene rings is 2. The molecule has 2 saturated heterocycles. The van der Waals surface area contributed by atoms with Crippen molar-refractivity contribution in [3.05, 3.63) is 64.7 Å². The van der Waals surface area contributed by atoms with E-state index in [4.69, 9.17) is 13.6 Å². The molecule has 8 nitrogen and oxygen atoms in total. The van der Waals surface area contributed by atoms with E-state index < -0.39 is 25.0 Å². The van der Waals surface area contributed by atoms with Crippen LogP contribution in [0.1, 0.15) is 44.0 Å². The van der Waals surface area contributed by atoms with Gasteiger partial charge in [-0.3, -0.25) is 24.6 Å². The molecule has 3 aliphatic rings. The molecule has 1 N–H and O–H groups in total. The summed E-state index contributed by atoms with van der Waals surface area (Å²) in [5.74, 6) is -0.437. The summed E-state index contributed by atoms with van der Waals surface area (Å²) in [5, 5.41) is 2.31. The molecule has 2 unspecified atom stereocenters. The summed E-state index contributed by atoms with van der Waals surface area (Å²) in [7, 11) is 0. The van der Waals surface area contributed by atoms with E-state index in [0.717, 1.165) is 16.7 Å². The predicted molar refractivity (Wildman–Crippen MR) is 119 cm³/mol. The molecule has 5 rings (SSSR count). The summed E-state index contributed by atoms with van der Waals surface area (Å²) in [4.78, 5) is 39.9. The number of morpholine rings is 1. The van der Waals surface area contributed by atoms with Gasteiger partial charge in [-0.1, -0.05) is 30.3 Å². The topological polar surface area (TPSA) is 88.2 Å². The lowest BCUT2D eigenvalue weighted by Gasteiger charge is -2.29. The van der Waals surface area contributed by atoms with Crippen LogP contribution in [0, 0.1) is 0 Å². The largest absolute Gasteiger partial charge is 0.489 e. The summed E-state index contributed by atoms with van der Waals surface area (Å²) in [6.45, 7) is -1.45. The molecule has 0 radical (unpaired) electrons. The Kier molecular flexibility index (Phi) is 5.15. The third-order valence-electron chi connectivity index (χ3n) is 6.13. The molecule has 2 aromatic rings. The smallest absolute Gasteiger partial charge is 0.255 e. The summed E-state index contributed by atoms with van der Waals surface area (Å²) in [5.41, 5.74) is 3.05. The molecule has 33 heavy (non-hydrogen) atoms. The van der Waals surface area contributed by atoms with Crippen LogP contribution < -0.4 is 10.1 Å². The zero-order chi connectivity index (χ0) is 25.4. The predicted octanol–water partition coefficient (Wildman–Crippen LogP) is 1.86. The van der Waals surface area contributed by atoms with Crippen molar-refractivity contribution in [1.82, 2.24) is 15.1 Å². The van der Waals surface area contributed by atoms with Gasteiger partial charge in [-0.2, -0.15) is 0 Å². The lowest BCUT2D eigenvalue weighted by Crippen LogP contribution is -2.52. The first-order chi connectivity index (χ1) is 17.2. The van der Waals surface area contributed by atoms with Crippen molar-refractivity contribution < 1.29 is 28.0 Å². The number of amides is 3. The molecular formula is C25H27N3O5. The Morgan fingerprint density at radius 3 is 2.76 bits per heavy atom. The van der Waals surface area contributed by atoms with Crippen molar-refractivity contribution in [3.8, 4) is 5.75 Å². The molecule has 2 fully saturated rings. The number of nitrogens with one attached hydrogen (secondary N) is 1. The normalized spacial score (nSPS) is 26.2. The van der Waals surface area contributed by atoms with Crippen LogP contribution in [0.2, 0.25) is 0 Å². The standard InChI is InChI=1S/C25H27N3O5/c29-23-9-8-21(24(30)26-23)28-15-20-19(25(28)31)2-1-3-22(20)33-16-18-6-4-17(5-7-18)14-27-10-12-32-13-11-27/h1-7,21H,8-16H2,(H,26,29,30)/i10D2,12D. The SMILES string of the molecule is [2H]C1OCCN(Cc2ccc(COc3cccc4c3CN(C3CCC(=O)NC3=O)C4=O)cc2)C1([2H])[2H]. The van der Waals surface area contributed by atoms with Gasteiger partial charge in [-0.15, -0.1) is 0 Å². The number of carbonyl (C=O) groups excluding carboxylic acids is 3. The van der Waals surface area contributed by atoms with Gasteiger partial charge in [-0.05, 0) is 29.7 Å². The van der Waals surface area contributed by atoms with Crippen LogP contribution >= 0.6 is 0 Å². The zero-order valence-corrected chi connectivity index (χ0v) is 18.1. The second-order valence-electron chi connectivity index (χ2n) is 8.33. The zero-order valence-electron chi connectivity index (χ0n) is 21.1. The summed E-state index contributed by atoms with van der Waals surface area (Å²) in [6.07, 6.45) is 0.511. The highest BCUT2D eigenvalue weighted by Crippen LogP contribution is 2.34. The highest BCUT2D eigenvalue weighted by Gasteiger charge is 2.40. The van der Waals surface area contributed by atoms with Gasteiger partial charge in [0.2, 0.25) is 11.8 Å². The second-order valence-corrected chi connectivity index (χ2v) is 8.33. The minimum absolute atomic E-state index is 0.204. The van der Waals surface area contributed by atoms with Crippen LogP contribution in [0.25, 0.3) is 0 Å². The fourth-order valence-corrected chi connectivity index (χ4v) is 4.34. The average Bonchev–Trinajstić information content (AvgIpc) is 3.18. The molecule has 3 aliphatic heterocycles. The molecule has 172 valence electrons. The molecule has 0 spiro atoms. The van der Waals surface area contributed by atoms with Crippen LogP contribution in [0.5, 0.6) is 5.75 Å². The highest BCUT2D eigenvalue weighted by molar-refractivity contribution is 6.05. The second kappa shape index (κ2) is 9.33. The van der Waals surface area contributed by atoms with Crippen LogP contribution in [0.3, 0.4) is 0 Å². The third-order valence-corrected chi connectivity index (χ3v) is 6.13. The molecule has 0 aromatic heterocycles. The van der Waals surface area contributed by atoms with E-state index in [9.17, 15) is 14.4 Å². The van der Waals surface area contributed by atoms with Crippen LogP contribution in [-0.4, -0.2) is 59.8 Å². The van der Waals surface area contributed by atoms with Gasteiger partial charge in [0.05, 0.1) is 21.1 Å². The number of hydrogen-bond acceptors (Lipinski definition) is 6. The minimum Gasteiger partial charge on any atom is -0.489 e. The quantitative estimate of drug-likeness (QED) is 0.674. The molecule has 3 heterocycles. The highest BCUT2D eigenvalue weighted by atomic mass is 16.5. The van der Waals surface area contributed by atoms with Crippen LogP contribution in [0.4, 0.5) is 0 Å². The Hall–Kier alpha value is -3.23. The summed E-state index contributed by atoms with van der Waals surface area (Å²) in [6, 6.07) is 12.2. The first kappa shape index (κ1) is 18.2. The van der Waals surface area contributed by atoms with Gasteiger partial charge >= 0.3 is 0 Å². The van der Waals surface area contributed by atoms with E-state index in [1.165, 1.54) is 4.90 Å². The molecule has 3 amide bonds. The monoisotopic (exact) mass is 452 g/mol. The average molecular weight is 453 g/mol. The van der Waals surface area contributed by atoms with Crippen molar-refractivity contribution in [2.45, 2.75) is 38.6 Å². The van der Waals surface area contributed by atoms with Gasteiger partial charge in [-0.25, -0.2) is 0 Å². The fraction of sp³-hybridized carbons (Fsp3) is 0.400. The molecule has 0 aliphatic carbocycles. The molecule has 2 aromatic carbocycles. The lowest BCUT2D eigenvalue weighted by molar-refractivity contribution is -0.136. The van der Waals surface area contributed by atoms with Gasteiger partial charge in [0, 0.05) is 39.9 Å². The number of piperidine rings is 1. The number of hydrogen-bond donors (Lipinski definition) is 1. The Labute approximate surface area is 196 Å². The van der Waals surface area contributed by atoms with E-state index in [1.807, 2.05) is 24.3 Å². The number of ether oxygens (including phenoxy) is 2. The Morgan fingerprint density at radius 2 is 1.94 bits per heavy atom. The Bertz CT molecular complexity index is 1190. The molecule has 0 saturated carbocycles. The van der Waals surface area contributed by atoms with E-state index in [-0.39, 0.29) is 31.4 Å². The van der Waals surface area contributed by atoms with Gasteiger partial charge in [0.25, 0.3) is 5.91 Å². The number of imide groups is 1. The van der Waals surface area contributed by atoms with Crippen LogP contribution in [0.15, 0.2) is 42.5 Å². The molecule has 8 heteroatoms. The third kappa shape index (κ3) is 4.62. The van der Waals surface area contributed by atoms with Crippen molar-refractivity contribution in [2.75, 3.05) is 26.2 Å². The van der Waals surface area contributed by atoms with Crippen LogP contribution in [-0.2, 0) is 34.0 Å². The van der Waals surface area contributed by atoms with Crippen molar-refractivity contribution in [3.63, 3.8) is 0 Å². The molecular weight excluding hydrogens is 422 g/mol. The maximum absolute atomic E-state index is 13.0. The lowest BCUT2D eigenvalue weighted by atomic mass is 10.0. The number of carbonyl (C=O) groups is 3. The fourth-order valence-electron chi connectivity index (χ4n) is 4.34. The summed E-state index contributed by atoms with van der Waals surface area (Å²) < 4.78 is 35.2. The van der Waals surface area contributed by atoms with E-state index in [0.29, 0.717) is 37.4 Å². The Morgan fingerprint density at radius 1 is 1.12 bits per heavy atom. The first-order valence-corrected chi connectivity index (χ1v) is 11.0. The Balaban J connectivity index is 1.23. The maximum Gasteiger partial charge on any atom is 0.255 e. The van der Waals surface area contributed by atoms with Crippen molar-refractivity contribution >= 4 is 17.7 Å². The van der Waals surface area contributed by atoms with E-state index >= 15 is 0 Å². The van der Waals surface area contributed by atoms with Crippen molar-refractivity contribution in [2.24, 2.45) is 0 Å². The number of rotatable bonds is 6. The molecule has 2 atom stereocenters. The first-order valence-electron chi connectivity index (χ1n) is 12.6. The van der Waals surface area contributed by atoms with Gasteiger partial charge in [0.15, 0.2) is 0 Å². The number of nitrogens with zero attached hydrogens (tertiary/aromatic N) is 2.